The lowest BCUT2D eigenvalue weighted by Crippen LogP contribution is -2.28. The van der Waals surface area contributed by atoms with Gasteiger partial charge in [-0.3, -0.25) is 4.79 Å². The summed E-state index contributed by atoms with van der Waals surface area (Å²) in [5, 5.41) is 0. The van der Waals surface area contributed by atoms with Crippen LogP contribution in [0.3, 0.4) is 0 Å². The summed E-state index contributed by atoms with van der Waals surface area (Å²) in [7, 11) is -2.08. The van der Waals surface area contributed by atoms with Crippen molar-refractivity contribution in [2.24, 2.45) is 0 Å². The third kappa shape index (κ3) is 3.91. The predicted octanol–water partition coefficient (Wildman–Crippen LogP) is 3.34. The highest BCUT2D eigenvalue weighted by Gasteiger charge is 2.26. The summed E-state index contributed by atoms with van der Waals surface area (Å²) >= 11 is 0. The molecule has 2 aromatic rings. The van der Waals surface area contributed by atoms with E-state index in [-0.39, 0.29) is 16.8 Å². The second-order valence-electron chi connectivity index (χ2n) is 7.02. The second-order valence-corrected chi connectivity index (χ2v) is 8.74. The van der Waals surface area contributed by atoms with Gasteiger partial charge < -0.3 is 9.64 Å². The molecule has 0 saturated heterocycles. The first-order chi connectivity index (χ1) is 13.3. The number of nitrogens with one attached hydrogen (secondary N) is 1. The number of carbonyl (C=O) groups excluding carboxylic acids is 1. The van der Waals surface area contributed by atoms with Crippen molar-refractivity contribution in [1.29, 1.82) is 0 Å². The average molecular weight is 403 g/mol. The van der Waals surface area contributed by atoms with Crippen LogP contribution in [0.2, 0.25) is 0 Å². The first kappa shape index (κ1) is 20.4. The van der Waals surface area contributed by atoms with Gasteiger partial charge in [0.2, 0.25) is 15.9 Å². The Morgan fingerprint density at radius 2 is 2.00 bits per heavy atom. The zero-order valence-electron chi connectivity index (χ0n) is 16.7. The number of fused-ring (bicyclic) bond motifs is 1. The number of carbonyl (C=O) groups is 1. The lowest BCUT2D eigenvalue weighted by Gasteiger charge is -2.19. The highest BCUT2D eigenvalue weighted by atomic mass is 32.2. The number of amides is 1. The van der Waals surface area contributed by atoms with E-state index in [0.717, 1.165) is 28.1 Å². The number of hydrogen-bond donors (Lipinski definition) is 1. The van der Waals surface area contributed by atoms with E-state index in [9.17, 15) is 13.2 Å². The van der Waals surface area contributed by atoms with Gasteiger partial charge in [0.25, 0.3) is 0 Å². The van der Waals surface area contributed by atoms with Gasteiger partial charge in [-0.2, -0.15) is 0 Å². The van der Waals surface area contributed by atoms with E-state index in [1.807, 2.05) is 32.0 Å². The number of sulfonamides is 1. The Morgan fingerprint density at radius 3 is 2.61 bits per heavy atom. The molecule has 1 atom stereocenters. The maximum atomic E-state index is 13.0. The van der Waals surface area contributed by atoms with E-state index in [1.165, 1.54) is 6.92 Å². The molecule has 0 fully saturated rings. The van der Waals surface area contributed by atoms with E-state index >= 15 is 0 Å². The minimum atomic E-state index is -3.69. The normalized spacial score (nSPS) is 14.6. The van der Waals surface area contributed by atoms with Crippen molar-refractivity contribution in [2.45, 2.75) is 44.6 Å². The summed E-state index contributed by atoms with van der Waals surface area (Å²) in [6, 6.07) is 10.3. The maximum Gasteiger partial charge on any atom is 0.241 e. The van der Waals surface area contributed by atoms with E-state index < -0.39 is 10.0 Å². The number of anilines is 1. The first-order valence-electron chi connectivity index (χ1n) is 9.34. The molecule has 0 aromatic heterocycles. The standard InChI is InChI=1S/C21H26N2O4S/c1-5-19(16-6-9-21(27-4)14(2)12-16)22-28(25,26)18-7-8-20-17(13-18)10-11-23(20)15(3)24/h6-9,12-13,19,22H,5,10-11H2,1-4H3/t19-/m0/s1. The van der Waals surface area contributed by atoms with Crippen LogP contribution >= 0.6 is 0 Å². The molecule has 0 unspecified atom stereocenters. The van der Waals surface area contributed by atoms with Gasteiger partial charge >= 0.3 is 0 Å². The Labute approximate surface area is 166 Å². The number of hydrogen-bond acceptors (Lipinski definition) is 4. The fraction of sp³-hybridized carbons (Fsp3) is 0.381. The fourth-order valence-corrected chi connectivity index (χ4v) is 4.99. The van der Waals surface area contributed by atoms with Gasteiger partial charge in [0.15, 0.2) is 0 Å². The Hall–Kier alpha value is -2.38. The van der Waals surface area contributed by atoms with Crippen molar-refractivity contribution >= 4 is 21.6 Å². The monoisotopic (exact) mass is 402 g/mol. The molecular weight excluding hydrogens is 376 g/mol. The third-order valence-electron chi connectivity index (χ3n) is 5.16. The van der Waals surface area contributed by atoms with Crippen LogP contribution in [0, 0.1) is 6.92 Å². The molecule has 0 spiro atoms. The van der Waals surface area contributed by atoms with Crippen molar-refractivity contribution < 1.29 is 17.9 Å². The molecule has 2 aromatic carbocycles. The minimum absolute atomic E-state index is 0.0339. The minimum Gasteiger partial charge on any atom is -0.496 e. The SMILES string of the molecule is CC[C@H](NS(=O)(=O)c1ccc2c(c1)CCN2C(C)=O)c1ccc(OC)c(C)c1. The largest absolute Gasteiger partial charge is 0.496 e. The van der Waals surface area contributed by atoms with Crippen LogP contribution in [0.15, 0.2) is 41.3 Å². The zero-order chi connectivity index (χ0) is 20.5. The zero-order valence-corrected chi connectivity index (χ0v) is 17.5. The third-order valence-corrected chi connectivity index (χ3v) is 6.63. The maximum absolute atomic E-state index is 13.0. The van der Waals surface area contributed by atoms with Crippen LogP contribution in [0.1, 0.15) is 43.0 Å². The average Bonchev–Trinajstić information content (AvgIpc) is 3.09. The molecule has 1 N–H and O–H groups in total. The highest BCUT2D eigenvalue weighted by molar-refractivity contribution is 7.89. The summed E-state index contributed by atoms with van der Waals surface area (Å²) in [5.74, 6) is 0.739. The van der Waals surface area contributed by atoms with Gasteiger partial charge in [0.05, 0.1) is 12.0 Å². The smallest absolute Gasteiger partial charge is 0.241 e. The van der Waals surface area contributed by atoms with Crippen molar-refractivity contribution in [2.75, 3.05) is 18.6 Å². The van der Waals surface area contributed by atoms with Gasteiger partial charge in [-0.15, -0.1) is 0 Å². The highest BCUT2D eigenvalue weighted by Crippen LogP contribution is 2.31. The molecule has 1 amide bonds. The number of benzene rings is 2. The molecule has 1 aliphatic heterocycles. The second kappa shape index (κ2) is 7.93. The van der Waals surface area contributed by atoms with Gasteiger partial charge in [0, 0.05) is 25.2 Å². The van der Waals surface area contributed by atoms with Crippen LogP contribution in [-0.4, -0.2) is 28.0 Å². The summed E-state index contributed by atoms with van der Waals surface area (Å²) in [4.78, 5) is 13.6. The van der Waals surface area contributed by atoms with Crippen molar-refractivity contribution in [3.05, 3.63) is 53.1 Å². The topological polar surface area (TPSA) is 75.7 Å². The molecule has 28 heavy (non-hydrogen) atoms. The molecule has 150 valence electrons. The number of rotatable bonds is 6. The molecule has 0 aliphatic carbocycles. The van der Waals surface area contributed by atoms with Gasteiger partial charge in [0.1, 0.15) is 5.75 Å². The van der Waals surface area contributed by atoms with E-state index in [1.54, 1.807) is 30.2 Å². The Bertz CT molecular complexity index is 1000. The quantitative estimate of drug-likeness (QED) is 0.804. The molecule has 0 radical (unpaired) electrons. The van der Waals surface area contributed by atoms with Crippen molar-refractivity contribution in [3.63, 3.8) is 0 Å². The first-order valence-corrected chi connectivity index (χ1v) is 10.8. The number of nitrogens with zero attached hydrogens (tertiary/aromatic N) is 1. The van der Waals surface area contributed by atoms with Gasteiger partial charge in [-0.1, -0.05) is 19.1 Å². The molecular formula is C21H26N2O4S. The predicted molar refractivity (Wildman–Crippen MR) is 109 cm³/mol. The molecule has 0 saturated carbocycles. The molecule has 1 aliphatic rings. The van der Waals surface area contributed by atoms with Crippen LogP contribution in [0.4, 0.5) is 5.69 Å². The van der Waals surface area contributed by atoms with E-state index in [0.29, 0.717) is 19.4 Å². The number of methoxy groups -OCH3 is 1. The molecule has 1 heterocycles. The molecule has 6 nitrogen and oxygen atoms in total. The molecule has 0 bridgehead atoms. The van der Waals surface area contributed by atoms with Crippen molar-refractivity contribution in [1.82, 2.24) is 4.72 Å². The van der Waals surface area contributed by atoms with Gasteiger partial charge in [-0.25, -0.2) is 13.1 Å². The summed E-state index contributed by atoms with van der Waals surface area (Å²) in [6.07, 6.45) is 1.28. The van der Waals surface area contributed by atoms with Crippen LogP contribution in [-0.2, 0) is 21.2 Å². The Balaban J connectivity index is 1.86. The summed E-state index contributed by atoms with van der Waals surface area (Å²) < 4.78 is 34.1. The number of aryl methyl sites for hydroxylation is 1. The Kier molecular flexibility index (Phi) is 5.76. The van der Waals surface area contributed by atoms with Gasteiger partial charge in [-0.05, 0) is 60.7 Å². The molecule has 3 rings (SSSR count). The molecule has 7 heteroatoms. The summed E-state index contributed by atoms with van der Waals surface area (Å²) in [5.41, 5.74) is 3.53. The van der Waals surface area contributed by atoms with Crippen LogP contribution < -0.4 is 14.4 Å². The van der Waals surface area contributed by atoms with E-state index in [2.05, 4.69) is 4.72 Å². The fourth-order valence-electron chi connectivity index (χ4n) is 3.63. The lowest BCUT2D eigenvalue weighted by molar-refractivity contribution is -0.116. The van der Waals surface area contributed by atoms with Crippen molar-refractivity contribution in [3.8, 4) is 5.75 Å². The number of ether oxygens (including phenoxy) is 1. The summed E-state index contributed by atoms with van der Waals surface area (Å²) in [6.45, 7) is 5.99. The van der Waals surface area contributed by atoms with Crippen LogP contribution in [0.5, 0.6) is 5.75 Å². The van der Waals surface area contributed by atoms with E-state index in [4.69, 9.17) is 4.74 Å². The lowest BCUT2D eigenvalue weighted by atomic mass is 10.0. The van der Waals surface area contributed by atoms with Crippen LogP contribution in [0.25, 0.3) is 0 Å². The Morgan fingerprint density at radius 1 is 1.25 bits per heavy atom.